The average Bonchev–Trinajstić information content (AvgIpc) is 2.40. The Kier molecular flexibility index (Phi) is 6.16. The average molecular weight is 270 g/mol. The van der Waals surface area contributed by atoms with E-state index in [-0.39, 0.29) is 18.5 Å². The summed E-state index contributed by atoms with van der Waals surface area (Å²) in [5, 5.41) is 0. The summed E-state index contributed by atoms with van der Waals surface area (Å²) < 4.78 is 5.35. The maximum absolute atomic E-state index is 11.9. The van der Waals surface area contributed by atoms with Crippen molar-refractivity contribution in [2.24, 2.45) is 0 Å². The third-order valence-corrected chi connectivity index (χ3v) is 3.16. The standard InChI is InChI=1S/C14H20ClNO2/c1-4-12-7-6-8-13(11(12)3)16(10-18-5-2)14(17)9-15/h6-8H,4-5,9-10H2,1-3H3. The monoisotopic (exact) mass is 269 g/mol. The number of ether oxygens (including phenoxy) is 1. The Labute approximate surface area is 114 Å². The van der Waals surface area contributed by atoms with Crippen molar-refractivity contribution in [3.63, 3.8) is 0 Å². The molecule has 0 bridgehead atoms. The molecule has 0 aliphatic carbocycles. The molecule has 0 spiro atoms. The molecule has 0 heterocycles. The molecule has 0 aliphatic heterocycles. The first-order valence-electron chi connectivity index (χ1n) is 6.18. The number of carbonyl (C=O) groups is 1. The predicted molar refractivity (Wildman–Crippen MR) is 75.3 cm³/mol. The first kappa shape index (κ1) is 15.0. The summed E-state index contributed by atoms with van der Waals surface area (Å²) in [5.74, 6) is -0.176. The zero-order valence-corrected chi connectivity index (χ0v) is 12.0. The summed E-state index contributed by atoms with van der Waals surface area (Å²) in [6, 6.07) is 5.96. The van der Waals surface area contributed by atoms with Crippen LogP contribution < -0.4 is 4.90 Å². The van der Waals surface area contributed by atoms with Crippen molar-refractivity contribution in [3.8, 4) is 0 Å². The van der Waals surface area contributed by atoms with E-state index in [1.165, 1.54) is 5.56 Å². The van der Waals surface area contributed by atoms with Crippen molar-refractivity contribution in [1.29, 1.82) is 0 Å². The molecule has 0 aliphatic rings. The van der Waals surface area contributed by atoms with Gasteiger partial charge in [-0.05, 0) is 37.5 Å². The molecule has 0 radical (unpaired) electrons. The lowest BCUT2D eigenvalue weighted by Crippen LogP contribution is -2.34. The molecule has 0 saturated carbocycles. The van der Waals surface area contributed by atoms with Gasteiger partial charge in [-0.15, -0.1) is 11.6 Å². The van der Waals surface area contributed by atoms with Gasteiger partial charge in [-0.1, -0.05) is 19.1 Å². The number of benzene rings is 1. The molecule has 4 heteroatoms. The first-order chi connectivity index (χ1) is 8.65. The summed E-state index contributed by atoms with van der Waals surface area (Å²) in [4.78, 5) is 13.5. The third kappa shape index (κ3) is 3.47. The molecule has 1 rings (SSSR count). The largest absolute Gasteiger partial charge is 0.361 e. The Balaban J connectivity index is 3.08. The van der Waals surface area contributed by atoms with Gasteiger partial charge in [-0.3, -0.25) is 9.69 Å². The number of hydrogen-bond acceptors (Lipinski definition) is 2. The molecule has 0 fully saturated rings. The Hall–Kier alpha value is -1.06. The van der Waals surface area contributed by atoms with E-state index in [4.69, 9.17) is 16.3 Å². The van der Waals surface area contributed by atoms with Gasteiger partial charge in [0.1, 0.15) is 12.6 Å². The lowest BCUT2D eigenvalue weighted by atomic mass is 10.0. The molecular formula is C14H20ClNO2. The van der Waals surface area contributed by atoms with E-state index >= 15 is 0 Å². The van der Waals surface area contributed by atoms with Gasteiger partial charge in [-0.2, -0.15) is 0 Å². The molecule has 0 unspecified atom stereocenters. The van der Waals surface area contributed by atoms with E-state index in [9.17, 15) is 4.79 Å². The first-order valence-corrected chi connectivity index (χ1v) is 6.71. The van der Waals surface area contributed by atoms with Gasteiger partial charge in [0, 0.05) is 12.3 Å². The Morgan fingerprint density at radius 1 is 1.39 bits per heavy atom. The number of aryl methyl sites for hydroxylation is 1. The highest BCUT2D eigenvalue weighted by Gasteiger charge is 2.17. The van der Waals surface area contributed by atoms with E-state index in [1.54, 1.807) is 4.90 Å². The molecule has 1 aromatic rings. The Morgan fingerprint density at radius 3 is 2.67 bits per heavy atom. The van der Waals surface area contributed by atoms with Crippen LogP contribution in [0.15, 0.2) is 18.2 Å². The van der Waals surface area contributed by atoms with Crippen LogP contribution in [0.4, 0.5) is 5.69 Å². The molecule has 3 nitrogen and oxygen atoms in total. The summed E-state index contributed by atoms with van der Waals surface area (Å²) in [6.45, 7) is 6.84. The van der Waals surface area contributed by atoms with Crippen LogP contribution in [0.25, 0.3) is 0 Å². The molecule has 18 heavy (non-hydrogen) atoms. The van der Waals surface area contributed by atoms with E-state index in [2.05, 4.69) is 13.0 Å². The number of rotatable bonds is 6. The van der Waals surface area contributed by atoms with E-state index in [0.29, 0.717) is 6.61 Å². The lowest BCUT2D eigenvalue weighted by Gasteiger charge is -2.24. The molecule has 0 saturated heterocycles. The highest BCUT2D eigenvalue weighted by atomic mass is 35.5. The Bertz CT molecular complexity index is 407. The van der Waals surface area contributed by atoms with Crippen LogP contribution in [0, 0.1) is 6.92 Å². The highest BCUT2D eigenvalue weighted by molar-refractivity contribution is 6.29. The van der Waals surface area contributed by atoms with Crippen LogP contribution in [0.1, 0.15) is 25.0 Å². The highest BCUT2D eigenvalue weighted by Crippen LogP contribution is 2.24. The minimum absolute atomic E-state index is 0.0388. The van der Waals surface area contributed by atoms with Crippen LogP contribution in [0.2, 0.25) is 0 Å². The van der Waals surface area contributed by atoms with Crippen molar-refractivity contribution < 1.29 is 9.53 Å². The zero-order chi connectivity index (χ0) is 13.5. The minimum atomic E-state index is -0.138. The lowest BCUT2D eigenvalue weighted by molar-refractivity contribution is -0.117. The van der Waals surface area contributed by atoms with Crippen LogP contribution in [0.5, 0.6) is 0 Å². The second kappa shape index (κ2) is 7.39. The van der Waals surface area contributed by atoms with E-state index in [0.717, 1.165) is 17.7 Å². The molecule has 1 amide bonds. The van der Waals surface area contributed by atoms with Crippen LogP contribution in [-0.4, -0.2) is 25.1 Å². The molecule has 1 aromatic carbocycles. The second-order valence-electron chi connectivity index (χ2n) is 3.99. The second-order valence-corrected chi connectivity index (χ2v) is 4.26. The third-order valence-electron chi connectivity index (χ3n) is 2.93. The van der Waals surface area contributed by atoms with Gasteiger partial charge in [0.05, 0.1) is 0 Å². The number of hydrogen-bond donors (Lipinski definition) is 0. The van der Waals surface area contributed by atoms with Gasteiger partial charge in [-0.25, -0.2) is 0 Å². The van der Waals surface area contributed by atoms with Crippen LogP contribution in [-0.2, 0) is 16.0 Å². The molecule has 0 atom stereocenters. The van der Waals surface area contributed by atoms with Crippen molar-refractivity contribution in [2.45, 2.75) is 27.2 Å². The van der Waals surface area contributed by atoms with Crippen molar-refractivity contribution in [1.82, 2.24) is 0 Å². The summed E-state index contributed by atoms with van der Waals surface area (Å²) in [5.41, 5.74) is 3.22. The number of halogens is 1. The van der Waals surface area contributed by atoms with Crippen molar-refractivity contribution in [3.05, 3.63) is 29.3 Å². The maximum atomic E-state index is 11.9. The van der Waals surface area contributed by atoms with Crippen LogP contribution in [0.3, 0.4) is 0 Å². The van der Waals surface area contributed by atoms with Gasteiger partial charge in [0.25, 0.3) is 0 Å². The van der Waals surface area contributed by atoms with Crippen LogP contribution >= 0.6 is 11.6 Å². The van der Waals surface area contributed by atoms with Crippen molar-refractivity contribution in [2.75, 3.05) is 24.1 Å². The summed E-state index contributed by atoms with van der Waals surface area (Å²) >= 11 is 5.65. The zero-order valence-electron chi connectivity index (χ0n) is 11.2. The quantitative estimate of drug-likeness (QED) is 0.587. The SMILES string of the molecule is CCOCN(C(=O)CCl)c1cccc(CC)c1C. The van der Waals surface area contributed by atoms with Gasteiger partial charge in [0.15, 0.2) is 0 Å². The molecule has 0 aromatic heterocycles. The minimum Gasteiger partial charge on any atom is -0.361 e. The number of alkyl halides is 1. The fourth-order valence-corrected chi connectivity index (χ4v) is 2.02. The smallest absolute Gasteiger partial charge is 0.243 e. The van der Waals surface area contributed by atoms with Gasteiger partial charge < -0.3 is 4.74 Å². The summed E-state index contributed by atoms with van der Waals surface area (Å²) in [6.07, 6.45) is 0.942. The normalized spacial score (nSPS) is 10.4. The van der Waals surface area contributed by atoms with Gasteiger partial charge >= 0.3 is 0 Å². The predicted octanol–water partition coefficient (Wildman–Crippen LogP) is 3.12. The fourth-order valence-electron chi connectivity index (χ4n) is 1.88. The topological polar surface area (TPSA) is 29.5 Å². The summed E-state index contributed by atoms with van der Waals surface area (Å²) in [7, 11) is 0. The number of nitrogens with zero attached hydrogens (tertiary/aromatic N) is 1. The number of carbonyl (C=O) groups excluding carboxylic acids is 1. The fraction of sp³-hybridized carbons (Fsp3) is 0.500. The molecule has 100 valence electrons. The Morgan fingerprint density at radius 2 is 2.11 bits per heavy atom. The van der Waals surface area contributed by atoms with Gasteiger partial charge in [0.2, 0.25) is 5.91 Å². The number of amides is 1. The number of anilines is 1. The molecule has 0 N–H and O–H groups in total. The van der Waals surface area contributed by atoms with E-state index in [1.807, 2.05) is 26.0 Å². The van der Waals surface area contributed by atoms with E-state index < -0.39 is 0 Å². The van der Waals surface area contributed by atoms with Crippen molar-refractivity contribution >= 4 is 23.2 Å². The maximum Gasteiger partial charge on any atom is 0.243 e. The molecular weight excluding hydrogens is 250 g/mol.